The highest BCUT2D eigenvalue weighted by Gasteiger charge is 2.25. The Hall–Kier alpha value is -3.42. The van der Waals surface area contributed by atoms with Crippen molar-refractivity contribution in [3.8, 4) is 5.75 Å². The van der Waals surface area contributed by atoms with Crippen molar-refractivity contribution in [3.63, 3.8) is 0 Å². The van der Waals surface area contributed by atoms with Crippen LogP contribution in [0.15, 0.2) is 34.7 Å². The number of hydrogen-bond donors (Lipinski definition) is 2. The molecule has 0 saturated heterocycles. The van der Waals surface area contributed by atoms with Crippen LogP contribution < -0.4 is 10.1 Å². The number of carbonyl (C=O) groups is 1. The van der Waals surface area contributed by atoms with Crippen molar-refractivity contribution in [2.45, 2.75) is 57.8 Å². The number of carboxylic acid groups (broad SMARTS) is 1. The van der Waals surface area contributed by atoms with E-state index in [0.717, 1.165) is 62.3 Å². The Morgan fingerprint density at radius 2 is 2.06 bits per heavy atom. The third-order valence-corrected chi connectivity index (χ3v) is 6.21. The number of benzene rings is 1. The van der Waals surface area contributed by atoms with Crippen LogP contribution in [-0.4, -0.2) is 34.7 Å². The molecule has 0 bridgehead atoms. The summed E-state index contributed by atoms with van der Waals surface area (Å²) in [6.45, 7) is 2.80. The van der Waals surface area contributed by atoms with Gasteiger partial charge in [-0.15, -0.1) is 0 Å². The van der Waals surface area contributed by atoms with Gasteiger partial charge in [-0.1, -0.05) is 12.1 Å². The molecule has 0 fully saturated rings. The quantitative estimate of drug-likeness (QED) is 0.402. The maximum absolute atomic E-state index is 14.3. The summed E-state index contributed by atoms with van der Waals surface area (Å²) in [6, 6.07) is 8.69. The maximum atomic E-state index is 14.3. The molecule has 0 saturated carbocycles. The van der Waals surface area contributed by atoms with Gasteiger partial charge in [0.25, 0.3) is 0 Å². The maximum Gasteiger partial charge on any atom is 0.304 e. The number of aliphatic carboxylic acids is 1. The predicted molar refractivity (Wildman–Crippen MR) is 126 cm³/mol. The topological polar surface area (TPSA) is 97.5 Å². The molecular weight excluding hydrogens is 437 g/mol. The summed E-state index contributed by atoms with van der Waals surface area (Å²) in [5.74, 6) is -0.169. The molecule has 1 unspecified atom stereocenters. The Morgan fingerprint density at radius 1 is 1.24 bits per heavy atom. The summed E-state index contributed by atoms with van der Waals surface area (Å²) in [4.78, 5) is 20.8. The number of halogens is 1. The molecule has 1 aliphatic rings. The van der Waals surface area contributed by atoms with E-state index < -0.39 is 17.7 Å². The Balaban J connectivity index is 1.41. The second-order valence-electron chi connectivity index (χ2n) is 8.65. The Kier molecular flexibility index (Phi) is 7.45. The van der Waals surface area contributed by atoms with Crippen molar-refractivity contribution in [2.75, 3.05) is 19.0 Å². The number of rotatable bonds is 10. The average Bonchev–Trinajstić information content (AvgIpc) is 3.20. The van der Waals surface area contributed by atoms with Crippen molar-refractivity contribution in [1.82, 2.24) is 9.97 Å². The minimum atomic E-state index is -1.01. The third-order valence-electron chi connectivity index (χ3n) is 6.21. The molecule has 0 amide bonds. The molecule has 8 heteroatoms. The van der Waals surface area contributed by atoms with Crippen molar-refractivity contribution >= 4 is 11.8 Å². The molecule has 0 radical (unpaired) electrons. The number of carboxylic acids is 1. The molecule has 1 atom stereocenters. The summed E-state index contributed by atoms with van der Waals surface area (Å²) in [7, 11) is 1.38. The largest absolute Gasteiger partial charge is 0.494 e. The lowest BCUT2D eigenvalue weighted by Crippen LogP contribution is -2.14. The number of aromatic nitrogens is 2. The summed E-state index contributed by atoms with van der Waals surface area (Å²) < 4.78 is 25.1. The molecule has 0 aliphatic carbocycles. The number of unbranched alkanes of at least 4 members (excludes halogenated alkanes) is 1. The summed E-state index contributed by atoms with van der Waals surface area (Å²) in [5.41, 5.74) is 3.65. The smallest absolute Gasteiger partial charge is 0.304 e. The van der Waals surface area contributed by atoms with Gasteiger partial charge < -0.3 is 19.6 Å². The zero-order valence-electron chi connectivity index (χ0n) is 19.6. The fraction of sp³-hybridized carbons (Fsp3) is 0.423. The SMILES string of the molecule is COc1ccc(C(CC(=O)O)c2nc(CCCCc3ccc4c(n3)NCCC4)c(C)o2)cc1F. The summed E-state index contributed by atoms with van der Waals surface area (Å²) in [5, 5.41) is 12.8. The van der Waals surface area contributed by atoms with Gasteiger partial charge in [-0.25, -0.2) is 14.4 Å². The molecule has 3 aromatic rings. The highest BCUT2D eigenvalue weighted by molar-refractivity contribution is 5.68. The van der Waals surface area contributed by atoms with Gasteiger partial charge in [-0.05, 0) is 74.8 Å². The average molecular weight is 468 g/mol. The van der Waals surface area contributed by atoms with Crippen LogP contribution in [0.2, 0.25) is 0 Å². The number of fused-ring (bicyclic) bond motifs is 1. The van der Waals surface area contributed by atoms with Crippen LogP contribution >= 0.6 is 0 Å². The lowest BCUT2D eigenvalue weighted by molar-refractivity contribution is -0.137. The molecular formula is C26H30FN3O4. The number of methoxy groups -OCH3 is 1. The minimum absolute atomic E-state index is 0.103. The highest BCUT2D eigenvalue weighted by Crippen LogP contribution is 2.32. The third kappa shape index (κ3) is 5.55. The second kappa shape index (κ2) is 10.7. The van der Waals surface area contributed by atoms with Crippen LogP contribution in [0, 0.1) is 12.7 Å². The first-order valence-corrected chi connectivity index (χ1v) is 11.7. The van der Waals surface area contributed by atoms with E-state index in [1.807, 2.05) is 6.92 Å². The monoisotopic (exact) mass is 467 g/mol. The molecule has 180 valence electrons. The van der Waals surface area contributed by atoms with E-state index in [2.05, 4.69) is 22.4 Å². The Bertz CT molecular complexity index is 1160. The second-order valence-corrected chi connectivity index (χ2v) is 8.65. The number of anilines is 1. The lowest BCUT2D eigenvalue weighted by Gasteiger charge is -2.17. The molecule has 7 nitrogen and oxygen atoms in total. The van der Waals surface area contributed by atoms with Crippen LogP contribution in [0.1, 0.15) is 65.8 Å². The van der Waals surface area contributed by atoms with Gasteiger partial charge in [0, 0.05) is 12.2 Å². The lowest BCUT2D eigenvalue weighted by atomic mass is 9.95. The van der Waals surface area contributed by atoms with E-state index in [1.165, 1.54) is 24.8 Å². The number of ether oxygens (including phenoxy) is 1. The van der Waals surface area contributed by atoms with Crippen LogP contribution in [-0.2, 0) is 24.1 Å². The number of oxazole rings is 1. The number of nitrogens with zero attached hydrogens (tertiary/aromatic N) is 2. The van der Waals surface area contributed by atoms with E-state index in [4.69, 9.17) is 14.1 Å². The van der Waals surface area contributed by atoms with E-state index in [1.54, 1.807) is 6.07 Å². The van der Waals surface area contributed by atoms with Gasteiger partial charge in [0.2, 0.25) is 5.89 Å². The van der Waals surface area contributed by atoms with Gasteiger partial charge in [0.1, 0.15) is 11.6 Å². The fourth-order valence-corrected chi connectivity index (χ4v) is 4.36. The first-order valence-electron chi connectivity index (χ1n) is 11.7. The van der Waals surface area contributed by atoms with Crippen LogP contribution in [0.5, 0.6) is 5.75 Å². The number of aryl methyl sites for hydroxylation is 4. The summed E-state index contributed by atoms with van der Waals surface area (Å²) >= 11 is 0. The standard InChI is InChI=1S/C26H30FN3O4/c1-16-22(8-4-3-7-19-11-9-17-6-5-13-28-25(17)29-19)30-26(34-16)20(15-24(31)32)18-10-12-23(33-2)21(27)14-18/h9-12,14,20H,3-8,13,15H2,1-2H3,(H,28,29)(H,31,32). The van der Waals surface area contributed by atoms with Gasteiger partial charge in [-0.2, -0.15) is 0 Å². The molecule has 34 heavy (non-hydrogen) atoms. The molecule has 1 aromatic carbocycles. The van der Waals surface area contributed by atoms with Crippen molar-refractivity contribution < 1.29 is 23.4 Å². The number of hydrogen-bond acceptors (Lipinski definition) is 6. The molecule has 2 N–H and O–H groups in total. The van der Waals surface area contributed by atoms with E-state index in [0.29, 0.717) is 17.2 Å². The van der Waals surface area contributed by atoms with Crippen molar-refractivity contribution in [1.29, 1.82) is 0 Å². The van der Waals surface area contributed by atoms with Crippen LogP contribution in [0.4, 0.5) is 10.2 Å². The van der Waals surface area contributed by atoms with Crippen LogP contribution in [0.25, 0.3) is 0 Å². The number of pyridine rings is 1. The summed E-state index contributed by atoms with van der Waals surface area (Å²) in [6.07, 6.45) is 5.43. The molecule has 3 heterocycles. The Labute approximate surface area is 198 Å². The van der Waals surface area contributed by atoms with E-state index in [-0.39, 0.29) is 12.2 Å². The normalized spacial score (nSPS) is 13.7. The molecule has 4 rings (SSSR count). The van der Waals surface area contributed by atoms with Crippen molar-refractivity contribution in [3.05, 3.63) is 70.3 Å². The van der Waals surface area contributed by atoms with Gasteiger partial charge in [0.15, 0.2) is 11.6 Å². The van der Waals surface area contributed by atoms with Gasteiger partial charge >= 0.3 is 5.97 Å². The zero-order valence-corrected chi connectivity index (χ0v) is 19.6. The Morgan fingerprint density at radius 3 is 2.82 bits per heavy atom. The first-order chi connectivity index (χ1) is 16.4. The van der Waals surface area contributed by atoms with Crippen LogP contribution in [0.3, 0.4) is 0 Å². The molecule has 0 spiro atoms. The van der Waals surface area contributed by atoms with Gasteiger partial charge in [0.05, 0.1) is 25.1 Å². The first kappa shape index (κ1) is 23.7. The number of nitrogens with one attached hydrogen (secondary N) is 1. The minimum Gasteiger partial charge on any atom is -0.494 e. The van der Waals surface area contributed by atoms with E-state index >= 15 is 0 Å². The fourth-order valence-electron chi connectivity index (χ4n) is 4.36. The zero-order chi connectivity index (χ0) is 24.1. The van der Waals surface area contributed by atoms with Gasteiger partial charge in [-0.3, -0.25) is 4.79 Å². The highest BCUT2D eigenvalue weighted by atomic mass is 19.1. The predicted octanol–water partition coefficient (Wildman–Crippen LogP) is 5.06. The molecule has 1 aliphatic heterocycles. The molecule has 2 aromatic heterocycles. The van der Waals surface area contributed by atoms with E-state index in [9.17, 15) is 14.3 Å². The van der Waals surface area contributed by atoms with Crippen molar-refractivity contribution in [2.24, 2.45) is 0 Å².